The van der Waals surface area contributed by atoms with E-state index >= 15 is 0 Å². The number of carbonyl (C=O) groups excluding carboxylic acids is 4. The fraction of sp³-hybridized carbons (Fsp3) is 0.949. The molecule has 0 aliphatic carbocycles. The molecule has 6 atom stereocenters. The number of phosphoric acid groups is 2. The largest absolute Gasteiger partial charge is 0.472 e. The molecule has 0 bridgehead atoms. The van der Waals surface area contributed by atoms with E-state index in [-0.39, 0.29) is 25.7 Å². The van der Waals surface area contributed by atoms with Crippen LogP contribution >= 0.6 is 15.6 Å². The molecule has 17 nitrogen and oxygen atoms in total. The van der Waals surface area contributed by atoms with Crippen molar-refractivity contribution in [3.8, 4) is 0 Å². The molecule has 0 aliphatic rings. The van der Waals surface area contributed by atoms with Gasteiger partial charge in [-0.2, -0.15) is 0 Å². The van der Waals surface area contributed by atoms with E-state index in [1.54, 1.807) is 0 Å². The molecule has 0 spiro atoms. The van der Waals surface area contributed by atoms with E-state index in [0.29, 0.717) is 25.7 Å². The van der Waals surface area contributed by atoms with E-state index < -0.39 is 97.5 Å². The molecule has 3 N–H and O–H groups in total. The number of carbonyl (C=O) groups is 4. The predicted molar refractivity (Wildman–Crippen MR) is 400 cm³/mol. The SMILES string of the molecule is CCCCCCCCCCCCCCCCCCCCCCCC(=O)O[C@H](COC(=O)CCCCCCCCCCCCCCCCCC)COP(=O)(O)OC[C@@H](O)COP(=O)(O)OC[C@@H](COC(=O)CCCCCCCCC)OC(=O)CCCCCCCCCCCCC(C)CC. The molecule has 582 valence electrons. The molecule has 0 saturated heterocycles. The second-order valence-corrected chi connectivity index (χ2v) is 31.6. The summed E-state index contributed by atoms with van der Waals surface area (Å²) >= 11 is 0. The lowest BCUT2D eigenvalue weighted by molar-refractivity contribution is -0.161. The second kappa shape index (κ2) is 72.0. The lowest BCUT2D eigenvalue weighted by Gasteiger charge is -2.21. The Balaban J connectivity index is 5.17. The van der Waals surface area contributed by atoms with E-state index in [9.17, 15) is 43.2 Å². The Morgan fingerprint density at radius 1 is 0.286 bits per heavy atom. The monoisotopic (exact) mass is 1440 g/mol. The quantitative estimate of drug-likeness (QED) is 0.0222. The number of ether oxygens (including phenoxy) is 4. The average molecular weight is 1440 g/mol. The van der Waals surface area contributed by atoms with Crippen molar-refractivity contribution in [2.75, 3.05) is 39.6 Å². The molecule has 0 amide bonds. The minimum absolute atomic E-state index is 0.106. The number of hydrogen-bond acceptors (Lipinski definition) is 15. The van der Waals surface area contributed by atoms with E-state index in [2.05, 4.69) is 34.6 Å². The van der Waals surface area contributed by atoms with Crippen LogP contribution < -0.4 is 0 Å². The van der Waals surface area contributed by atoms with Crippen molar-refractivity contribution in [3.05, 3.63) is 0 Å². The smallest absolute Gasteiger partial charge is 0.462 e. The first-order chi connectivity index (χ1) is 47.6. The summed E-state index contributed by atoms with van der Waals surface area (Å²) < 4.78 is 68.5. The van der Waals surface area contributed by atoms with Gasteiger partial charge in [-0.3, -0.25) is 37.3 Å². The maximum atomic E-state index is 13.1. The van der Waals surface area contributed by atoms with Gasteiger partial charge in [-0.05, 0) is 31.6 Å². The van der Waals surface area contributed by atoms with Crippen LogP contribution in [-0.4, -0.2) is 96.7 Å². The normalized spacial score (nSPS) is 14.2. The van der Waals surface area contributed by atoms with Gasteiger partial charge in [-0.25, -0.2) is 9.13 Å². The summed E-state index contributed by atoms with van der Waals surface area (Å²) in [6.07, 6.45) is 62.6. The zero-order valence-corrected chi connectivity index (χ0v) is 65.7. The molecule has 0 fully saturated rings. The van der Waals surface area contributed by atoms with Crippen molar-refractivity contribution in [2.45, 2.75) is 438 Å². The number of aliphatic hydroxyl groups is 1. The predicted octanol–water partition coefficient (Wildman–Crippen LogP) is 23.6. The van der Waals surface area contributed by atoms with Crippen molar-refractivity contribution < 1.29 is 80.2 Å². The topological polar surface area (TPSA) is 237 Å². The van der Waals surface area contributed by atoms with Gasteiger partial charge in [0.2, 0.25) is 0 Å². The molecule has 19 heteroatoms. The summed E-state index contributed by atoms with van der Waals surface area (Å²) in [5, 5.41) is 10.6. The van der Waals surface area contributed by atoms with Gasteiger partial charge in [0.1, 0.15) is 19.3 Å². The average Bonchev–Trinajstić information content (AvgIpc) is 1.06. The number of unbranched alkanes of at least 4 members (excludes halogenated alkanes) is 50. The highest BCUT2D eigenvalue weighted by Crippen LogP contribution is 2.45. The van der Waals surface area contributed by atoms with E-state index in [0.717, 1.165) is 109 Å². The van der Waals surface area contributed by atoms with Crippen molar-refractivity contribution in [2.24, 2.45) is 5.92 Å². The maximum absolute atomic E-state index is 13.1. The Morgan fingerprint density at radius 3 is 0.724 bits per heavy atom. The number of esters is 4. The molecular weight excluding hydrogens is 1280 g/mol. The Hall–Kier alpha value is -1.94. The van der Waals surface area contributed by atoms with Crippen LogP contribution in [0.15, 0.2) is 0 Å². The first-order valence-electron chi connectivity index (χ1n) is 41.2. The Labute approximate surface area is 600 Å². The van der Waals surface area contributed by atoms with Crippen LogP contribution in [0, 0.1) is 5.92 Å². The molecule has 0 aromatic rings. The van der Waals surface area contributed by atoms with Gasteiger partial charge < -0.3 is 33.8 Å². The summed E-state index contributed by atoms with van der Waals surface area (Å²) in [5.41, 5.74) is 0. The Bertz CT molecular complexity index is 1880. The van der Waals surface area contributed by atoms with Gasteiger partial charge in [-0.1, -0.05) is 369 Å². The van der Waals surface area contributed by atoms with Crippen molar-refractivity contribution in [1.29, 1.82) is 0 Å². The van der Waals surface area contributed by atoms with Crippen LogP contribution in [0.25, 0.3) is 0 Å². The third-order valence-electron chi connectivity index (χ3n) is 18.9. The summed E-state index contributed by atoms with van der Waals surface area (Å²) in [4.78, 5) is 72.8. The van der Waals surface area contributed by atoms with Gasteiger partial charge in [0, 0.05) is 25.7 Å². The summed E-state index contributed by atoms with van der Waals surface area (Å²) in [6.45, 7) is 7.30. The minimum Gasteiger partial charge on any atom is -0.462 e. The van der Waals surface area contributed by atoms with E-state index in [4.69, 9.17) is 37.0 Å². The summed E-state index contributed by atoms with van der Waals surface area (Å²) in [6, 6.07) is 0. The van der Waals surface area contributed by atoms with Crippen LogP contribution in [0.5, 0.6) is 0 Å². The molecule has 0 heterocycles. The van der Waals surface area contributed by atoms with Crippen molar-refractivity contribution in [1.82, 2.24) is 0 Å². The number of phosphoric ester groups is 2. The molecule has 98 heavy (non-hydrogen) atoms. The van der Waals surface area contributed by atoms with Gasteiger partial charge in [-0.15, -0.1) is 0 Å². The summed E-state index contributed by atoms with van der Waals surface area (Å²) in [7, 11) is -9.91. The standard InChI is InChI=1S/C79H154O17P2/c1-6-10-13-16-19-21-23-25-27-29-30-31-32-33-35-37-39-44-49-54-59-64-78(83)96-75(69-90-77(82)63-58-53-48-43-38-36-34-28-26-24-22-20-17-14-11-7-2)71-94-98(87,88)92-67-73(80)66-91-97(85,86)93-70-74(68-89-76(81)62-57-52-46-18-15-12-8-3)95-79(84)65-60-55-50-45-41-40-42-47-51-56-61-72(5)9-4/h72-75,80H,6-71H2,1-5H3,(H,85,86)(H,87,88)/t72?,73-,74+,75+/m0/s1. The Morgan fingerprint density at radius 2 is 0.490 bits per heavy atom. The maximum Gasteiger partial charge on any atom is 0.472 e. The molecular formula is C79H154O17P2. The zero-order chi connectivity index (χ0) is 71.9. The van der Waals surface area contributed by atoms with E-state index in [1.165, 1.54) is 231 Å². The minimum atomic E-state index is -4.96. The fourth-order valence-electron chi connectivity index (χ4n) is 12.2. The highest BCUT2D eigenvalue weighted by molar-refractivity contribution is 7.47. The molecule has 0 radical (unpaired) electrons. The van der Waals surface area contributed by atoms with Crippen LogP contribution in [-0.2, 0) is 65.4 Å². The number of aliphatic hydroxyl groups excluding tert-OH is 1. The zero-order valence-electron chi connectivity index (χ0n) is 63.9. The molecule has 0 rings (SSSR count). The number of hydrogen-bond donors (Lipinski definition) is 3. The number of rotatable bonds is 79. The van der Waals surface area contributed by atoms with Crippen molar-refractivity contribution in [3.63, 3.8) is 0 Å². The van der Waals surface area contributed by atoms with Crippen LogP contribution in [0.4, 0.5) is 0 Å². The lowest BCUT2D eigenvalue weighted by atomic mass is 9.99. The van der Waals surface area contributed by atoms with Crippen molar-refractivity contribution >= 4 is 39.5 Å². The third-order valence-corrected chi connectivity index (χ3v) is 20.8. The van der Waals surface area contributed by atoms with Crippen LogP contribution in [0.2, 0.25) is 0 Å². The molecule has 0 aliphatic heterocycles. The Kier molecular flexibility index (Phi) is 70.6. The molecule has 0 aromatic carbocycles. The molecule has 0 saturated carbocycles. The fourth-order valence-corrected chi connectivity index (χ4v) is 13.8. The van der Waals surface area contributed by atoms with Crippen LogP contribution in [0.1, 0.15) is 420 Å². The van der Waals surface area contributed by atoms with Gasteiger partial charge in [0.15, 0.2) is 12.2 Å². The van der Waals surface area contributed by atoms with Gasteiger partial charge in [0.25, 0.3) is 0 Å². The van der Waals surface area contributed by atoms with Gasteiger partial charge >= 0.3 is 39.5 Å². The molecule has 3 unspecified atom stereocenters. The first kappa shape index (κ1) is 96.1. The van der Waals surface area contributed by atoms with Gasteiger partial charge in [0.05, 0.1) is 26.4 Å². The lowest BCUT2D eigenvalue weighted by Crippen LogP contribution is -2.30. The summed E-state index contributed by atoms with van der Waals surface area (Å²) in [5.74, 6) is -1.31. The highest BCUT2D eigenvalue weighted by Gasteiger charge is 2.30. The van der Waals surface area contributed by atoms with E-state index in [1.807, 2.05) is 0 Å². The highest BCUT2D eigenvalue weighted by atomic mass is 31.2. The second-order valence-electron chi connectivity index (χ2n) is 28.7. The van der Waals surface area contributed by atoms with Crippen LogP contribution in [0.3, 0.4) is 0 Å². The first-order valence-corrected chi connectivity index (χ1v) is 44.2. The molecule has 0 aromatic heterocycles. The third kappa shape index (κ3) is 71.1.